The molecular weight excluding hydrogens is 406 g/mol. The molecule has 0 bridgehead atoms. The van der Waals surface area contributed by atoms with E-state index in [1.54, 1.807) is 31.2 Å². The Hall–Kier alpha value is -2.83. The van der Waals surface area contributed by atoms with E-state index in [1.165, 1.54) is 0 Å². The highest BCUT2D eigenvalue weighted by atomic mass is 35.5. The lowest BCUT2D eigenvalue weighted by molar-refractivity contribution is -0.127. The Bertz CT molecular complexity index is 1140. The number of rotatable bonds is 6. The number of carbonyl (C=O) groups excluding carboxylic acids is 1. The Morgan fingerprint density at radius 3 is 2.73 bits per heavy atom. The number of ether oxygens (including phenoxy) is 1. The molecule has 3 aromatic rings. The molecule has 1 aromatic heterocycles. The van der Waals surface area contributed by atoms with Gasteiger partial charge in [-0.05, 0) is 43.4 Å². The fraction of sp³-hybridized carbons (Fsp3) is 0.304. The molecule has 1 heterocycles. The average molecular weight is 428 g/mol. The van der Waals surface area contributed by atoms with E-state index in [0.29, 0.717) is 16.2 Å². The van der Waals surface area contributed by atoms with Crippen molar-refractivity contribution in [1.29, 1.82) is 0 Å². The molecule has 156 valence electrons. The molecule has 30 heavy (non-hydrogen) atoms. The van der Waals surface area contributed by atoms with E-state index < -0.39 is 18.1 Å². The molecule has 0 saturated heterocycles. The van der Waals surface area contributed by atoms with Crippen LogP contribution in [0, 0.1) is 0 Å². The Morgan fingerprint density at radius 2 is 1.97 bits per heavy atom. The highest BCUT2D eigenvalue weighted by molar-refractivity contribution is 6.32. The van der Waals surface area contributed by atoms with Crippen LogP contribution < -0.4 is 15.7 Å². The van der Waals surface area contributed by atoms with Gasteiger partial charge in [0.25, 0.3) is 5.91 Å². The minimum atomic E-state index is -0.857. The number of hydrogen-bond acceptors (Lipinski definition) is 5. The monoisotopic (exact) mass is 427 g/mol. The van der Waals surface area contributed by atoms with Gasteiger partial charge >= 0.3 is 5.63 Å². The SMILES string of the molecule is C[C@H](Oc1cc2oc(=O)c3c(c2cc1Cl)CCC3)C(=O)NC[C@H](O)c1ccccc1. The van der Waals surface area contributed by atoms with Crippen LogP contribution in [0.2, 0.25) is 5.02 Å². The first-order valence-corrected chi connectivity index (χ1v) is 10.3. The number of aryl methyl sites for hydroxylation is 1. The van der Waals surface area contributed by atoms with Crippen molar-refractivity contribution in [2.45, 2.75) is 38.4 Å². The Labute approximate surface area is 178 Å². The third-order valence-electron chi connectivity index (χ3n) is 5.35. The molecule has 0 saturated carbocycles. The summed E-state index contributed by atoms with van der Waals surface area (Å²) in [6.07, 6.45) is 0.778. The van der Waals surface area contributed by atoms with Gasteiger partial charge in [0.2, 0.25) is 0 Å². The van der Waals surface area contributed by atoms with Crippen molar-refractivity contribution in [3.05, 3.63) is 74.6 Å². The van der Waals surface area contributed by atoms with Gasteiger partial charge in [-0.2, -0.15) is 0 Å². The number of fused-ring (bicyclic) bond motifs is 3. The van der Waals surface area contributed by atoms with Gasteiger partial charge in [-0.1, -0.05) is 41.9 Å². The molecule has 0 radical (unpaired) electrons. The quantitative estimate of drug-likeness (QED) is 0.587. The van der Waals surface area contributed by atoms with Crippen molar-refractivity contribution in [1.82, 2.24) is 5.32 Å². The lowest BCUT2D eigenvalue weighted by Gasteiger charge is -2.18. The van der Waals surface area contributed by atoms with Gasteiger partial charge in [0.05, 0.1) is 11.1 Å². The predicted octanol–water partition coefficient (Wildman–Crippen LogP) is 3.55. The van der Waals surface area contributed by atoms with Gasteiger partial charge in [0.1, 0.15) is 11.3 Å². The number of hydrogen-bond donors (Lipinski definition) is 2. The van der Waals surface area contributed by atoms with Gasteiger partial charge in [0, 0.05) is 23.6 Å². The molecule has 1 aliphatic rings. The third-order valence-corrected chi connectivity index (χ3v) is 5.65. The van der Waals surface area contributed by atoms with E-state index in [-0.39, 0.29) is 17.9 Å². The van der Waals surface area contributed by atoms with E-state index in [9.17, 15) is 14.7 Å². The van der Waals surface area contributed by atoms with Crippen LogP contribution in [0.3, 0.4) is 0 Å². The molecule has 4 rings (SSSR count). The first kappa shape index (κ1) is 20.4. The van der Waals surface area contributed by atoms with Crippen molar-refractivity contribution < 1.29 is 19.1 Å². The molecule has 1 amide bonds. The van der Waals surface area contributed by atoms with E-state index in [1.807, 2.05) is 18.2 Å². The second-order valence-corrected chi connectivity index (χ2v) is 7.82. The minimum absolute atomic E-state index is 0.0585. The van der Waals surface area contributed by atoms with Crippen molar-refractivity contribution in [2.24, 2.45) is 0 Å². The van der Waals surface area contributed by atoms with Crippen LogP contribution in [0.1, 0.15) is 36.1 Å². The van der Waals surface area contributed by atoms with E-state index in [2.05, 4.69) is 5.32 Å². The molecule has 0 unspecified atom stereocenters. The molecule has 2 N–H and O–H groups in total. The lowest BCUT2D eigenvalue weighted by atomic mass is 10.1. The zero-order chi connectivity index (χ0) is 21.3. The highest BCUT2D eigenvalue weighted by Gasteiger charge is 2.22. The smallest absolute Gasteiger partial charge is 0.339 e. The van der Waals surface area contributed by atoms with Gasteiger partial charge in [-0.25, -0.2) is 4.79 Å². The second kappa shape index (κ2) is 8.50. The molecule has 0 fully saturated rings. The molecule has 0 aliphatic heterocycles. The molecule has 6 nitrogen and oxygen atoms in total. The van der Waals surface area contributed by atoms with Crippen LogP contribution in [0.4, 0.5) is 0 Å². The molecule has 2 aromatic carbocycles. The summed E-state index contributed by atoms with van der Waals surface area (Å²) in [7, 11) is 0. The van der Waals surface area contributed by atoms with Crippen molar-refractivity contribution >= 4 is 28.5 Å². The van der Waals surface area contributed by atoms with Crippen molar-refractivity contribution in [3.63, 3.8) is 0 Å². The number of halogens is 1. The number of aliphatic hydroxyl groups excluding tert-OH is 1. The van der Waals surface area contributed by atoms with Gasteiger partial charge in [-0.15, -0.1) is 0 Å². The molecular formula is C23H22ClNO5. The Kier molecular flexibility index (Phi) is 5.79. The summed E-state index contributed by atoms with van der Waals surface area (Å²) in [4.78, 5) is 24.6. The van der Waals surface area contributed by atoms with Crippen LogP contribution in [0.5, 0.6) is 5.75 Å². The predicted molar refractivity (Wildman–Crippen MR) is 114 cm³/mol. The Balaban J connectivity index is 1.47. The molecule has 0 spiro atoms. The largest absolute Gasteiger partial charge is 0.479 e. The minimum Gasteiger partial charge on any atom is -0.479 e. The first-order chi connectivity index (χ1) is 14.4. The van der Waals surface area contributed by atoms with Crippen LogP contribution in [-0.2, 0) is 17.6 Å². The molecule has 1 aliphatic carbocycles. The fourth-order valence-corrected chi connectivity index (χ4v) is 3.96. The van der Waals surface area contributed by atoms with Crippen molar-refractivity contribution in [2.75, 3.05) is 6.54 Å². The maximum atomic E-state index is 12.4. The normalized spacial score (nSPS) is 14.9. The van der Waals surface area contributed by atoms with E-state index in [4.69, 9.17) is 20.8 Å². The second-order valence-electron chi connectivity index (χ2n) is 7.41. The van der Waals surface area contributed by atoms with E-state index in [0.717, 1.165) is 35.8 Å². The zero-order valence-corrected chi connectivity index (χ0v) is 17.2. The summed E-state index contributed by atoms with van der Waals surface area (Å²) < 4.78 is 11.2. The maximum absolute atomic E-state index is 12.4. The van der Waals surface area contributed by atoms with Crippen LogP contribution in [0.25, 0.3) is 11.0 Å². The summed E-state index contributed by atoms with van der Waals surface area (Å²) in [6, 6.07) is 12.4. The highest BCUT2D eigenvalue weighted by Crippen LogP contribution is 2.35. The van der Waals surface area contributed by atoms with E-state index >= 15 is 0 Å². The van der Waals surface area contributed by atoms with Crippen LogP contribution in [0.15, 0.2) is 51.7 Å². The fourth-order valence-electron chi connectivity index (χ4n) is 3.75. The van der Waals surface area contributed by atoms with Crippen LogP contribution in [-0.4, -0.2) is 23.7 Å². The number of carbonyl (C=O) groups is 1. The number of amides is 1. The molecule has 2 atom stereocenters. The summed E-state index contributed by atoms with van der Waals surface area (Å²) in [5, 5.41) is 14.0. The summed E-state index contributed by atoms with van der Waals surface area (Å²) in [5.74, 6) is -0.131. The number of nitrogens with one attached hydrogen (secondary N) is 1. The third kappa shape index (κ3) is 4.06. The summed E-state index contributed by atoms with van der Waals surface area (Å²) in [6.45, 7) is 1.65. The summed E-state index contributed by atoms with van der Waals surface area (Å²) >= 11 is 6.38. The Morgan fingerprint density at radius 1 is 1.23 bits per heavy atom. The average Bonchev–Trinajstić information content (AvgIpc) is 3.24. The van der Waals surface area contributed by atoms with Gasteiger partial charge in [0.15, 0.2) is 6.10 Å². The van der Waals surface area contributed by atoms with Crippen LogP contribution >= 0.6 is 11.6 Å². The standard InChI is InChI=1S/C23H22ClNO5/c1-13(22(27)25-12-19(26)14-6-3-2-4-7-14)29-21-11-20-17(10-18(21)24)15-8-5-9-16(15)23(28)30-20/h2-4,6-7,10-11,13,19,26H,5,8-9,12H2,1H3,(H,25,27)/t13-,19-/m0/s1. The van der Waals surface area contributed by atoms with Gasteiger partial charge in [-0.3, -0.25) is 4.79 Å². The lowest BCUT2D eigenvalue weighted by Crippen LogP contribution is -2.38. The summed E-state index contributed by atoms with van der Waals surface area (Å²) in [5.41, 5.74) is 2.48. The topological polar surface area (TPSA) is 88.8 Å². The first-order valence-electron chi connectivity index (χ1n) is 9.89. The van der Waals surface area contributed by atoms with Gasteiger partial charge < -0.3 is 19.6 Å². The molecule has 7 heteroatoms. The number of aliphatic hydroxyl groups is 1. The van der Waals surface area contributed by atoms with Crippen molar-refractivity contribution in [3.8, 4) is 5.75 Å². The number of benzene rings is 2. The zero-order valence-electron chi connectivity index (χ0n) is 16.5. The maximum Gasteiger partial charge on any atom is 0.339 e.